The first kappa shape index (κ1) is 25.6. The van der Waals surface area contributed by atoms with E-state index in [4.69, 9.17) is 63.3 Å². The molecule has 4 rings (SSSR count). The van der Waals surface area contributed by atoms with Crippen molar-refractivity contribution in [3.63, 3.8) is 0 Å². The summed E-state index contributed by atoms with van der Waals surface area (Å²) in [6.07, 6.45) is 0. The number of halogens is 5. The predicted molar refractivity (Wildman–Crippen MR) is 141 cm³/mol. The molecule has 5 nitrogen and oxygen atoms in total. The number of nitrogens with one attached hydrogen (secondary N) is 2. The van der Waals surface area contributed by atoms with Crippen LogP contribution in [0.3, 0.4) is 0 Å². The van der Waals surface area contributed by atoms with Crippen LogP contribution in [0.15, 0.2) is 54.6 Å². The first-order valence-corrected chi connectivity index (χ1v) is 12.2. The zero-order chi connectivity index (χ0) is 25.5. The largest absolute Gasteiger partial charge is 0.326 e. The fourth-order valence-corrected chi connectivity index (χ4v) is 5.17. The highest BCUT2D eigenvalue weighted by atomic mass is 35.5. The van der Waals surface area contributed by atoms with E-state index in [0.29, 0.717) is 32.5 Å². The van der Waals surface area contributed by atoms with Crippen LogP contribution in [0.2, 0.25) is 15.1 Å². The van der Waals surface area contributed by atoms with Gasteiger partial charge in [-0.25, -0.2) is 0 Å². The Morgan fingerprint density at radius 3 is 2.29 bits per heavy atom. The van der Waals surface area contributed by atoms with Gasteiger partial charge in [0.2, 0.25) is 5.91 Å². The van der Waals surface area contributed by atoms with Gasteiger partial charge >= 0.3 is 0 Å². The average Bonchev–Trinajstić information content (AvgIpc) is 3.40. The molecule has 35 heavy (non-hydrogen) atoms. The summed E-state index contributed by atoms with van der Waals surface area (Å²) in [5.74, 6) is -2.10. The third kappa shape index (κ3) is 5.23. The maximum absolute atomic E-state index is 13.0. The number of carbonyl (C=O) groups is 2. The maximum atomic E-state index is 13.0. The van der Waals surface area contributed by atoms with Crippen LogP contribution in [-0.2, 0) is 4.79 Å². The number of hydrogen-bond acceptors (Lipinski definition) is 3. The van der Waals surface area contributed by atoms with Crippen molar-refractivity contribution in [2.45, 2.75) is 17.2 Å². The van der Waals surface area contributed by atoms with Crippen molar-refractivity contribution >= 4 is 81.2 Å². The van der Waals surface area contributed by atoms with E-state index in [-0.39, 0.29) is 10.6 Å². The number of nitriles is 1. The highest BCUT2D eigenvalue weighted by Crippen LogP contribution is 2.65. The van der Waals surface area contributed by atoms with E-state index in [9.17, 15) is 9.59 Å². The van der Waals surface area contributed by atoms with Gasteiger partial charge in [-0.05, 0) is 66.6 Å². The Morgan fingerprint density at radius 1 is 0.914 bits per heavy atom. The Labute approximate surface area is 226 Å². The SMILES string of the molecule is Cc1cc(C#N)ccc1NC(=O)c1cc(NC(=O)C2C(c3ccc(Cl)c(Cl)c3)C2(Cl)Cl)ccc1Cl. The summed E-state index contributed by atoms with van der Waals surface area (Å²) >= 11 is 31.2. The van der Waals surface area contributed by atoms with Crippen molar-refractivity contribution in [2.24, 2.45) is 5.92 Å². The molecule has 1 aliphatic rings. The van der Waals surface area contributed by atoms with Crippen molar-refractivity contribution in [1.29, 1.82) is 5.26 Å². The number of anilines is 2. The van der Waals surface area contributed by atoms with Crippen LogP contribution in [0.5, 0.6) is 0 Å². The molecule has 10 heteroatoms. The van der Waals surface area contributed by atoms with E-state index in [0.717, 1.165) is 5.56 Å². The van der Waals surface area contributed by atoms with Gasteiger partial charge in [0.05, 0.1) is 38.2 Å². The van der Waals surface area contributed by atoms with E-state index in [1.165, 1.54) is 12.1 Å². The molecule has 1 aliphatic carbocycles. The third-order valence-electron chi connectivity index (χ3n) is 5.72. The van der Waals surface area contributed by atoms with Crippen molar-refractivity contribution in [1.82, 2.24) is 0 Å². The van der Waals surface area contributed by atoms with E-state index < -0.39 is 28.0 Å². The molecule has 0 aliphatic heterocycles. The normalized spacial score (nSPS) is 17.9. The van der Waals surface area contributed by atoms with Gasteiger partial charge in [0, 0.05) is 17.3 Å². The lowest BCUT2D eigenvalue weighted by molar-refractivity contribution is -0.117. The fourth-order valence-electron chi connectivity index (χ4n) is 3.83. The van der Waals surface area contributed by atoms with Crippen molar-refractivity contribution in [3.8, 4) is 6.07 Å². The van der Waals surface area contributed by atoms with Crippen LogP contribution in [0.4, 0.5) is 11.4 Å². The van der Waals surface area contributed by atoms with E-state index in [2.05, 4.69) is 10.6 Å². The summed E-state index contributed by atoms with van der Waals surface area (Å²) in [4.78, 5) is 25.9. The molecule has 1 saturated carbocycles. The number of hydrogen-bond donors (Lipinski definition) is 2. The number of nitrogens with zero attached hydrogens (tertiary/aromatic N) is 1. The highest BCUT2D eigenvalue weighted by Gasteiger charge is 2.67. The van der Waals surface area contributed by atoms with Crippen molar-refractivity contribution < 1.29 is 9.59 Å². The molecule has 0 spiro atoms. The smallest absolute Gasteiger partial charge is 0.257 e. The monoisotopic (exact) mass is 565 g/mol. The van der Waals surface area contributed by atoms with Gasteiger partial charge in [-0.15, -0.1) is 23.2 Å². The molecular weight excluding hydrogens is 552 g/mol. The van der Waals surface area contributed by atoms with Gasteiger partial charge < -0.3 is 10.6 Å². The van der Waals surface area contributed by atoms with E-state index in [1.807, 2.05) is 6.07 Å². The third-order valence-corrected chi connectivity index (χ3v) is 7.73. The quantitative estimate of drug-likeness (QED) is 0.312. The first-order valence-electron chi connectivity index (χ1n) is 10.3. The van der Waals surface area contributed by atoms with Gasteiger partial charge in [0.25, 0.3) is 5.91 Å². The zero-order valence-electron chi connectivity index (χ0n) is 18.0. The van der Waals surface area contributed by atoms with Gasteiger partial charge in [-0.1, -0.05) is 40.9 Å². The Bertz CT molecular complexity index is 1400. The molecule has 178 valence electrons. The Kier molecular flexibility index (Phi) is 7.24. The minimum atomic E-state index is -1.32. The maximum Gasteiger partial charge on any atom is 0.257 e. The summed E-state index contributed by atoms with van der Waals surface area (Å²) in [5, 5.41) is 15.5. The van der Waals surface area contributed by atoms with Crippen LogP contribution in [0, 0.1) is 24.2 Å². The molecule has 0 saturated heterocycles. The van der Waals surface area contributed by atoms with Crippen LogP contribution >= 0.6 is 58.0 Å². The Morgan fingerprint density at radius 2 is 1.63 bits per heavy atom. The van der Waals surface area contributed by atoms with E-state index >= 15 is 0 Å². The second-order valence-electron chi connectivity index (χ2n) is 8.08. The van der Waals surface area contributed by atoms with Gasteiger partial charge in [0.1, 0.15) is 4.33 Å². The average molecular weight is 568 g/mol. The summed E-state index contributed by atoms with van der Waals surface area (Å²) in [6, 6.07) is 16.5. The predicted octanol–water partition coefficient (Wildman–Crippen LogP) is 7.61. The first-order chi connectivity index (χ1) is 16.5. The highest BCUT2D eigenvalue weighted by molar-refractivity contribution is 6.53. The van der Waals surface area contributed by atoms with Crippen LogP contribution in [0.25, 0.3) is 0 Å². The molecule has 2 atom stereocenters. The van der Waals surface area contributed by atoms with Crippen molar-refractivity contribution in [3.05, 3.63) is 91.9 Å². The minimum absolute atomic E-state index is 0.160. The van der Waals surface area contributed by atoms with Gasteiger partial charge in [-0.3, -0.25) is 9.59 Å². The minimum Gasteiger partial charge on any atom is -0.326 e. The summed E-state index contributed by atoms with van der Waals surface area (Å²) in [5.41, 5.74) is 2.95. The lowest BCUT2D eigenvalue weighted by Gasteiger charge is -2.12. The van der Waals surface area contributed by atoms with Crippen LogP contribution in [0.1, 0.15) is 33.0 Å². The topological polar surface area (TPSA) is 82.0 Å². The molecule has 0 bridgehead atoms. The number of amides is 2. The molecule has 2 unspecified atom stereocenters. The lowest BCUT2D eigenvalue weighted by Crippen LogP contribution is -2.18. The fraction of sp³-hybridized carbons (Fsp3) is 0.160. The zero-order valence-corrected chi connectivity index (χ0v) is 21.8. The molecule has 2 N–H and O–H groups in total. The Balaban J connectivity index is 1.51. The number of aryl methyl sites for hydroxylation is 1. The lowest BCUT2D eigenvalue weighted by atomic mass is 10.1. The molecular formula is C25H16Cl5N3O2. The molecule has 0 aromatic heterocycles. The number of alkyl halides is 2. The van der Waals surface area contributed by atoms with Gasteiger partial charge in [0.15, 0.2) is 0 Å². The summed E-state index contributed by atoms with van der Waals surface area (Å²) < 4.78 is -1.32. The second kappa shape index (κ2) is 9.89. The summed E-state index contributed by atoms with van der Waals surface area (Å²) in [6.45, 7) is 1.78. The van der Waals surface area contributed by atoms with E-state index in [1.54, 1.807) is 49.4 Å². The van der Waals surface area contributed by atoms with Gasteiger partial charge in [-0.2, -0.15) is 5.26 Å². The molecule has 1 fully saturated rings. The molecule has 3 aromatic carbocycles. The number of rotatable bonds is 5. The molecule has 2 amide bonds. The van der Waals surface area contributed by atoms with Crippen LogP contribution < -0.4 is 10.6 Å². The van der Waals surface area contributed by atoms with Crippen molar-refractivity contribution in [2.75, 3.05) is 10.6 Å². The second-order valence-corrected chi connectivity index (χ2v) is 10.7. The standard InChI is InChI=1S/C25H16Cl5N3O2/c1-12-8-13(11-31)2-7-20(12)33-23(34)16-10-15(4-6-17(16)26)32-24(35)22-21(25(22,29)30)14-3-5-18(27)19(28)9-14/h2-10,21-22H,1H3,(H,32,35)(H,33,34). The number of benzene rings is 3. The Hall–Kier alpha value is -2.46. The molecule has 3 aromatic rings. The number of carbonyl (C=O) groups excluding carboxylic acids is 2. The molecule has 0 radical (unpaired) electrons. The van der Waals surface area contributed by atoms with Crippen LogP contribution in [-0.4, -0.2) is 16.1 Å². The summed E-state index contributed by atoms with van der Waals surface area (Å²) in [7, 11) is 0. The molecule has 0 heterocycles.